The summed E-state index contributed by atoms with van der Waals surface area (Å²) in [7, 11) is 0. The average molecular weight is 518 g/mol. The number of carboxylic acid groups (broad SMARTS) is 1. The fourth-order valence-corrected chi connectivity index (χ4v) is 4.11. The van der Waals surface area contributed by atoms with E-state index >= 15 is 0 Å². The Kier molecular flexibility index (Phi) is 7.82. The predicted octanol–water partition coefficient (Wildman–Crippen LogP) is 5.69. The molecule has 6 nitrogen and oxygen atoms in total. The number of aromatic nitrogens is 3. The van der Waals surface area contributed by atoms with Crippen molar-refractivity contribution < 1.29 is 31.9 Å². The molecule has 0 saturated carbocycles. The number of carboxylic acids is 1. The molecule has 5 rings (SSSR count). The van der Waals surface area contributed by atoms with Crippen molar-refractivity contribution in [3.63, 3.8) is 0 Å². The second kappa shape index (κ2) is 11.0. The standard InChI is InChI=1S/C24H22F2N4.C2HF3O2/c25-21-7-4-17(5-8-21)15-29-12-10-18(11-13-29)24-27-23-9-6-20(16-30(23)28-24)19-2-1-3-22(26)14-19;3-2(4,5)1(6)7/h1-9,14,16,18H,10-13,15H2;(H,6,7). The van der Waals surface area contributed by atoms with E-state index in [9.17, 15) is 22.0 Å². The zero-order valence-corrected chi connectivity index (χ0v) is 19.5. The highest BCUT2D eigenvalue weighted by Crippen LogP contribution is 2.28. The van der Waals surface area contributed by atoms with E-state index in [1.165, 1.54) is 24.3 Å². The molecule has 0 atom stereocenters. The molecule has 1 aliphatic rings. The first kappa shape index (κ1) is 26.2. The third-order valence-electron chi connectivity index (χ3n) is 6.02. The Morgan fingerprint density at radius 1 is 0.946 bits per heavy atom. The van der Waals surface area contributed by atoms with Crippen molar-refractivity contribution in [2.45, 2.75) is 31.5 Å². The molecule has 1 aliphatic heterocycles. The maximum absolute atomic E-state index is 13.5. The first-order valence-electron chi connectivity index (χ1n) is 11.5. The van der Waals surface area contributed by atoms with Crippen molar-refractivity contribution in [3.05, 3.63) is 89.9 Å². The highest BCUT2D eigenvalue weighted by atomic mass is 19.4. The second-order valence-corrected chi connectivity index (χ2v) is 8.68. The topological polar surface area (TPSA) is 70.7 Å². The number of hydrogen-bond acceptors (Lipinski definition) is 4. The van der Waals surface area contributed by atoms with Gasteiger partial charge in [0.2, 0.25) is 0 Å². The Morgan fingerprint density at radius 2 is 1.62 bits per heavy atom. The van der Waals surface area contributed by atoms with E-state index in [0.717, 1.165) is 60.6 Å². The van der Waals surface area contributed by atoms with Gasteiger partial charge in [-0.3, -0.25) is 4.90 Å². The number of nitrogens with zero attached hydrogens (tertiary/aromatic N) is 4. The molecule has 2 aromatic carbocycles. The van der Waals surface area contributed by atoms with Gasteiger partial charge in [-0.1, -0.05) is 24.3 Å². The fraction of sp³-hybridized carbons (Fsp3) is 0.269. The average Bonchev–Trinajstić information content (AvgIpc) is 3.29. The molecule has 194 valence electrons. The van der Waals surface area contributed by atoms with Crippen LogP contribution in [0.3, 0.4) is 0 Å². The molecule has 0 unspecified atom stereocenters. The summed E-state index contributed by atoms with van der Waals surface area (Å²) in [6, 6.07) is 17.2. The zero-order valence-electron chi connectivity index (χ0n) is 19.5. The van der Waals surface area contributed by atoms with Crippen LogP contribution in [-0.4, -0.2) is 49.8 Å². The lowest BCUT2D eigenvalue weighted by atomic mass is 9.96. The van der Waals surface area contributed by atoms with Crippen LogP contribution in [0.15, 0.2) is 66.9 Å². The Labute approximate surface area is 209 Å². The van der Waals surface area contributed by atoms with Gasteiger partial charge < -0.3 is 5.11 Å². The monoisotopic (exact) mass is 518 g/mol. The summed E-state index contributed by atoms with van der Waals surface area (Å²) in [5.74, 6) is -2.01. The molecule has 0 amide bonds. The van der Waals surface area contributed by atoms with Crippen molar-refractivity contribution in [1.82, 2.24) is 19.5 Å². The van der Waals surface area contributed by atoms with Crippen LogP contribution in [0.5, 0.6) is 0 Å². The lowest BCUT2D eigenvalue weighted by molar-refractivity contribution is -0.192. The smallest absolute Gasteiger partial charge is 0.475 e. The predicted molar refractivity (Wildman–Crippen MR) is 126 cm³/mol. The van der Waals surface area contributed by atoms with Gasteiger partial charge in [-0.2, -0.15) is 18.3 Å². The Balaban J connectivity index is 0.000000405. The Bertz CT molecular complexity index is 1360. The number of pyridine rings is 1. The van der Waals surface area contributed by atoms with E-state index in [4.69, 9.17) is 20.0 Å². The van der Waals surface area contributed by atoms with Gasteiger partial charge in [0.05, 0.1) is 0 Å². The summed E-state index contributed by atoms with van der Waals surface area (Å²) in [5, 5.41) is 11.8. The number of carbonyl (C=O) groups is 1. The quantitative estimate of drug-likeness (QED) is 0.352. The van der Waals surface area contributed by atoms with Crippen LogP contribution in [0, 0.1) is 11.6 Å². The van der Waals surface area contributed by atoms with E-state index in [1.54, 1.807) is 10.6 Å². The van der Waals surface area contributed by atoms with Crippen LogP contribution < -0.4 is 0 Å². The lowest BCUT2D eigenvalue weighted by Crippen LogP contribution is -2.32. The number of hydrogen-bond donors (Lipinski definition) is 1. The van der Waals surface area contributed by atoms with Gasteiger partial charge in [0.1, 0.15) is 11.6 Å². The van der Waals surface area contributed by atoms with Crippen molar-refractivity contribution >= 4 is 11.6 Å². The fourth-order valence-electron chi connectivity index (χ4n) is 4.11. The summed E-state index contributed by atoms with van der Waals surface area (Å²) in [6.07, 6.45) is -1.19. The molecule has 0 spiro atoms. The minimum absolute atomic E-state index is 0.198. The third-order valence-corrected chi connectivity index (χ3v) is 6.02. The molecule has 1 N–H and O–H groups in total. The third kappa shape index (κ3) is 6.88. The number of benzene rings is 2. The van der Waals surface area contributed by atoms with Gasteiger partial charge in [-0.05, 0) is 73.5 Å². The minimum atomic E-state index is -5.08. The molecule has 37 heavy (non-hydrogen) atoms. The maximum Gasteiger partial charge on any atom is 0.490 e. The first-order valence-corrected chi connectivity index (χ1v) is 11.5. The van der Waals surface area contributed by atoms with E-state index in [-0.39, 0.29) is 11.6 Å². The van der Waals surface area contributed by atoms with E-state index in [0.29, 0.717) is 5.92 Å². The minimum Gasteiger partial charge on any atom is -0.475 e. The van der Waals surface area contributed by atoms with E-state index in [2.05, 4.69) is 4.90 Å². The molecule has 0 aliphatic carbocycles. The van der Waals surface area contributed by atoms with Gasteiger partial charge in [-0.15, -0.1) is 0 Å². The molecule has 0 bridgehead atoms. The molecule has 1 fully saturated rings. The molecule has 4 aromatic rings. The number of piperidine rings is 1. The largest absolute Gasteiger partial charge is 0.490 e. The Hall–Kier alpha value is -3.86. The van der Waals surface area contributed by atoms with Crippen LogP contribution in [-0.2, 0) is 11.3 Å². The molecular formula is C26H23F5N4O2. The number of halogens is 5. The van der Waals surface area contributed by atoms with Crippen LogP contribution in [0.25, 0.3) is 16.8 Å². The molecule has 1 saturated heterocycles. The highest BCUT2D eigenvalue weighted by Gasteiger charge is 2.38. The van der Waals surface area contributed by atoms with Crippen molar-refractivity contribution in [1.29, 1.82) is 0 Å². The summed E-state index contributed by atoms with van der Waals surface area (Å²) in [4.78, 5) is 16.0. The van der Waals surface area contributed by atoms with Crippen molar-refractivity contribution in [3.8, 4) is 11.1 Å². The van der Waals surface area contributed by atoms with Gasteiger partial charge >= 0.3 is 12.1 Å². The zero-order chi connectivity index (χ0) is 26.6. The second-order valence-electron chi connectivity index (χ2n) is 8.68. The van der Waals surface area contributed by atoms with Gasteiger partial charge in [0.15, 0.2) is 11.5 Å². The number of alkyl halides is 3. The lowest BCUT2D eigenvalue weighted by Gasteiger charge is -2.30. The number of fused-ring (bicyclic) bond motifs is 1. The SMILES string of the molecule is Fc1ccc(CN2CCC(c3nc4ccc(-c5cccc(F)c5)cn4n3)CC2)cc1.O=C(O)C(F)(F)F. The van der Waals surface area contributed by atoms with Crippen LogP contribution >= 0.6 is 0 Å². The molecular weight excluding hydrogens is 495 g/mol. The van der Waals surface area contributed by atoms with Crippen LogP contribution in [0.1, 0.15) is 30.1 Å². The summed E-state index contributed by atoms with van der Waals surface area (Å²) in [6.45, 7) is 2.76. The van der Waals surface area contributed by atoms with Crippen molar-refractivity contribution in [2.24, 2.45) is 0 Å². The van der Waals surface area contributed by atoms with Gasteiger partial charge in [0, 0.05) is 24.2 Å². The number of rotatable bonds is 4. The summed E-state index contributed by atoms with van der Waals surface area (Å²) < 4.78 is 60.2. The first-order chi connectivity index (χ1) is 17.6. The Morgan fingerprint density at radius 3 is 2.24 bits per heavy atom. The van der Waals surface area contributed by atoms with E-state index < -0.39 is 12.1 Å². The number of likely N-dealkylation sites (tertiary alicyclic amines) is 1. The maximum atomic E-state index is 13.5. The molecule has 3 heterocycles. The molecule has 11 heteroatoms. The number of aliphatic carboxylic acids is 1. The summed E-state index contributed by atoms with van der Waals surface area (Å²) in [5.41, 5.74) is 3.67. The normalized spacial score (nSPS) is 14.8. The molecule has 2 aromatic heterocycles. The van der Waals surface area contributed by atoms with Gasteiger partial charge in [-0.25, -0.2) is 23.1 Å². The van der Waals surface area contributed by atoms with Crippen molar-refractivity contribution in [2.75, 3.05) is 13.1 Å². The van der Waals surface area contributed by atoms with Crippen LogP contribution in [0.2, 0.25) is 0 Å². The summed E-state index contributed by atoms with van der Waals surface area (Å²) >= 11 is 0. The van der Waals surface area contributed by atoms with Gasteiger partial charge in [0.25, 0.3) is 0 Å². The van der Waals surface area contributed by atoms with Crippen LogP contribution in [0.4, 0.5) is 22.0 Å². The molecule has 0 radical (unpaired) electrons. The highest BCUT2D eigenvalue weighted by molar-refractivity contribution is 5.73. The van der Waals surface area contributed by atoms with E-state index in [1.807, 2.05) is 36.5 Å².